The molecular weight excluding hydrogens is 553 g/mol. The molecule has 0 bridgehead atoms. The van der Waals surface area contributed by atoms with E-state index in [4.69, 9.17) is 34.8 Å². The van der Waals surface area contributed by atoms with Crippen LogP contribution in [0.15, 0.2) is 42.5 Å². The number of hydrogen-bond donors (Lipinski definition) is 2. The van der Waals surface area contributed by atoms with Crippen molar-refractivity contribution < 1.29 is 16.8 Å². The minimum Gasteiger partial charge on any atom is -0.364 e. The van der Waals surface area contributed by atoms with Crippen molar-refractivity contribution in [2.24, 2.45) is 5.92 Å². The summed E-state index contributed by atoms with van der Waals surface area (Å²) in [5.41, 5.74) is 1.93. The fourth-order valence-electron chi connectivity index (χ4n) is 4.36. The third kappa shape index (κ3) is 7.25. The van der Waals surface area contributed by atoms with E-state index in [1.807, 2.05) is 36.4 Å². The van der Waals surface area contributed by atoms with Crippen LogP contribution in [0.1, 0.15) is 37.3 Å². The SMILES string of the molecule is O=S(=O)(CCNS(=O)(=O)C1CC1)NC[C@@H]1CC[C@@H](c2ccc(Cl)cc2Cl)N(c2ccc(Cl)cc2)C1. The Balaban J connectivity index is 1.41. The molecule has 35 heavy (non-hydrogen) atoms. The maximum atomic E-state index is 12.5. The number of nitrogens with zero attached hydrogens (tertiary/aromatic N) is 1. The van der Waals surface area contributed by atoms with Gasteiger partial charge < -0.3 is 4.90 Å². The van der Waals surface area contributed by atoms with E-state index in [1.165, 1.54) is 0 Å². The first kappa shape index (κ1) is 27.0. The summed E-state index contributed by atoms with van der Waals surface area (Å²) in [6.45, 7) is 0.748. The lowest BCUT2D eigenvalue weighted by Gasteiger charge is -2.42. The normalized spacial score (nSPS) is 21.3. The van der Waals surface area contributed by atoms with E-state index in [0.717, 1.165) is 24.1 Å². The molecule has 1 saturated carbocycles. The molecule has 1 aliphatic heterocycles. The molecule has 7 nitrogen and oxygen atoms in total. The molecule has 0 aromatic heterocycles. The first-order valence-electron chi connectivity index (χ1n) is 11.5. The topological polar surface area (TPSA) is 95.6 Å². The first-order chi connectivity index (χ1) is 16.5. The predicted molar refractivity (Wildman–Crippen MR) is 142 cm³/mol. The molecular formula is C23H28Cl3N3O4S2. The van der Waals surface area contributed by atoms with E-state index in [0.29, 0.717) is 34.5 Å². The Kier molecular flexibility index (Phi) is 8.58. The first-order valence-corrected chi connectivity index (χ1v) is 15.8. The Morgan fingerprint density at radius 1 is 0.857 bits per heavy atom. The summed E-state index contributed by atoms with van der Waals surface area (Å²) in [7, 11) is -7.02. The van der Waals surface area contributed by atoms with Crippen LogP contribution in [0.3, 0.4) is 0 Å². The van der Waals surface area contributed by atoms with Crippen LogP contribution in [0, 0.1) is 5.92 Å². The lowest BCUT2D eigenvalue weighted by atomic mass is 9.88. The van der Waals surface area contributed by atoms with Crippen molar-refractivity contribution >= 4 is 60.5 Å². The fourth-order valence-corrected chi connectivity index (χ4v) is 7.53. The smallest absolute Gasteiger partial charge is 0.214 e. The van der Waals surface area contributed by atoms with Gasteiger partial charge in [0.2, 0.25) is 20.0 Å². The van der Waals surface area contributed by atoms with Crippen molar-refractivity contribution in [2.75, 3.05) is 30.3 Å². The zero-order chi connectivity index (χ0) is 25.2. The second kappa shape index (κ2) is 11.1. The maximum absolute atomic E-state index is 12.5. The van der Waals surface area contributed by atoms with Gasteiger partial charge in [-0.15, -0.1) is 0 Å². The Bertz CT molecular complexity index is 1250. The van der Waals surface area contributed by atoms with Crippen LogP contribution in [0.2, 0.25) is 15.1 Å². The lowest BCUT2D eigenvalue weighted by Crippen LogP contribution is -2.44. The second-order valence-electron chi connectivity index (χ2n) is 9.06. The summed E-state index contributed by atoms with van der Waals surface area (Å²) in [5, 5.41) is 1.42. The zero-order valence-electron chi connectivity index (χ0n) is 19.0. The standard InChI is InChI=1S/C23H28Cl3N3O4S2/c24-17-2-5-19(6-3-17)29-15-16(1-10-23(29)21-9-4-18(25)13-22(21)26)14-28-34(30,31)12-11-27-35(32,33)20-7-8-20/h2-6,9,13,16,20,23,27-28H,1,7-8,10-12,14-15H2/t16-,23-/m0/s1. The highest BCUT2D eigenvalue weighted by Gasteiger charge is 2.35. The second-order valence-corrected chi connectivity index (χ2v) is 14.3. The fraction of sp³-hybridized carbons (Fsp3) is 0.478. The molecule has 2 aromatic rings. The molecule has 1 saturated heterocycles. The average molecular weight is 581 g/mol. The van der Waals surface area contributed by atoms with E-state index < -0.39 is 20.0 Å². The molecule has 4 rings (SSSR count). The quantitative estimate of drug-likeness (QED) is 0.428. The molecule has 2 aromatic carbocycles. The molecule has 2 aliphatic rings. The van der Waals surface area contributed by atoms with E-state index >= 15 is 0 Å². The van der Waals surface area contributed by atoms with E-state index in [-0.39, 0.29) is 36.1 Å². The third-order valence-electron chi connectivity index (χ3n) is 6.39. The molecule has 0 unspecified atom stereocenters. The van der Waals surface area contributed by atoms with Crippen LogP contribution >= 0.6 is 34.8 Å². The summed E-state index contributed by atoms with van der Waals surface area (Å²) >= 11 is 18.7. The highest BCUT2D eigenvalue weighted by molar-refractivity contribution is 7.90. The third-order valence-corrected chi connectivity index (χ3v) is 10.5. The van der Waals surface area contributed by atoms with Crippen molar-refractivity contribution in [2.45, 2.75) is 37.0 Å². The Morgan fingerprint density at radius 2 is 1.54 bits per heavy atom. The number of sulfonamides is 2. The molecule has 2 atom stereocenters. The number of hydrogen-bond acceptors (Lipinski definition) is 5. The highest BCUT2D eigenvalue weighted by atomic mass is 35.5. The largest absolute Gasteiger partial charge is 0.364 e. The van der Waals surface area contributed by atoms with Gasteiger partial charge >= 0.3 is 0 Å². The Hall–Kier alpha value is -1.07. The van der Waals surface area contributed by atoms with Crippen molar-refractivity contribution in [1.82, 2.24) is 9.44 Å². The van der Waals surface area contributed by atoms with Gasteiger partial charge in [0.1, 0.15) is 0 Å². The van der Waals surface area contributed by atoms with Gasteiger partial charge in [-0.05, 0) is 73.6 Å². The van der Waals surface area contributed by atoms with Crippen LogP contribution in [-0.2, 0) is 20.0 Å². The monoisotopic (exact) mass is 579 g/mol. The van der Waals surface area contributed by atoms with Gasteiger partial charge in [-0.1, -0.05) is 40.9 Å². The van der Waals surface area contributed by atoms with E-state index in [2.05, 4.69) is 14.3 Å². The lowest BCUT2D eigenvalue weighted by molar-refractivity contribution is 0.358. The molecule has 2 fully saturated rings. The number of anilines is 1. The number of halogens is 3. The molecule has 0 amide bonds. The van der Waals surface area contributed by atoms with E-state index in [9.17, 15) is 16.8 Å². The van der Waals surface area contributed by atoms with Crippen molar-refractivity contribution in [3.63, 3.8) is 0 Å². The average Bonchev–Trinajstić information content (AvgIpc) is 3.65. The summed E-state index contributed by atoms with van der Waals surface area (Å²) in [5.74, 6) is -0.235. The number of piperidine rings is 1. The zero-order valence-corrected chi connectivity index (χ0v) is 22.9. The molecule has 0 radical (unpaired) electrons. The van der Waals surface area contributed by atoms with Gasteiger partial charge in [-0.2, -0.15) is 0 Å². The minimum absolute atomic E-state index is 0.00521. The maximum Gasteiger partial charge on any atom is 0.214 e. The van der Waals surface area contributed by atoms with Crippen molar-refractivity contribution in [3.05, 3.63) is 63.1 Å². The van der Waals surface area contributed by atoms with E-state index in [1.54, 1.807) is 6.07 Å². The molecule has 2 N–H and O–H groups in total. The van der Waals surface area contributed by atoms with Crippen LogP contribution < -0.4 is 14.3 Å². The Labute approximate surface area is 222 Å². The van der Waals surface area contributed by atoms with Gasteiger partial charge in [-0.3, -0.25) is 0 Å². The summed E-state index contributed by atoms with van der Waals surface area (Å²) in [6, 6.07) is 13.0. The van der Waals surface area contributed by atoms with Gasteiger partial charge in [0.25, 0.3) is 0 Å². The number of rotatable bonds is 10. The van der Waals surface area contributed by atoms with Gasteiger partial charge in [0, 0.05) is 40.4 Å². The highest BCUT2D eigenvalue weighted by Crippen LogP contribution is 2.40. The van der Waals surface area contributed by atoms with Crippen LogP contribution in [0.25, 0.3) is 0 Å². The summed E-state index contributed by atoms with van der Waals surface area (Å²) in [4.78, 5) is 2.22. The van der Waals surface area contributed by atoms with Crippen LogP contribution in [0.5, 0.6) is 0 Å². The predicted octanol–water partition coefficient (Wildman–Crippen LogP) is 4.61. The van der Waals surface area contributed by atoms with Gasteiger partial charge in [0.15, 0.2) is 0 Å². The number of nitrogens with one attached hydrogen (secondary N) is 2. The molecule has 1 heterocycles. The van der Waals surface area contributed by atoms with Crippen molar-refractivity contribution in [1.29, 1.82) is 0 Å². The molecule has 192 valence electrons. The van der Waals surface area contributed by atoms with Crippen molar-refractivity contribution in [3.8, 4) is 0 Å². The molecule has 12 heteroatoms. The molecule has 0 spiro atoms. The Morgan fingerprint density at radius 3 is 2.20 bits per heavy atom. The summed E-state index contributed by atoms with van der Waals surface area (Å²) < 4.78 is 53.9. The molecule has 1 aliphatic carbocycles. The number of benzene rings is 2. The van der Waals surface area contributed by atoms with Crippen LogP contribution in [-0.4, -0.2) is 47.5 Å². The van der Waals surface area contributed by atoms with Gasteiger partial charge in [-0.25, -0.2) is 26.3 Å². The van der Waals surface area contributed by atoms with Crippen LogP contribution in [0.4, 0.5) is 5.69 Å². The minimum atomic E-state index is -3.62. The van der Waals surface area contributed by atoms with Gasteiger partial charge in [0.05, 0.1) is 17.0 Å². The summed E-state index contributed by atoms with van der Waals surface area (Å²) in [6.07, 6.45) is 2.84.